The SMILES string of the molecule is CO[SiH](OC)OC.C[SeH]. The van der Waals surface area contributed by atoms with Crippen LogP contribution in [0.25, 0.3) is 0 Å². The van der Waals surface area contributed by atoms with Gasteiger partial charge in [0.2, 0.25) is 0 Å². The van der Waals surface area contributed by atoms with Crippen LogP contribution >= 0.6 is 0 Å². The molecular weight excluding hydrogens is 203 g/mol. The van der Waals surface area contributed by atoms with Crippen molar-refractivity contribution in [2.45, 2.75) is 5.82 Å². The molecule has 0 unspecified atom stereocenters. The fourth-order valence-electron chi connectivity index (χ4n) is 0.289. The van der Waals surface area contributed by atoms with E-state index in [1.54, 1.807) is 21.3 Å². The molecule has 0 N–H and O–H groups in total. The van der Waals surface area contributed by atoms with Crippen LogP contribution < -0.4 is 0 Å². The molecule has 0 bridgehead atoms. The van der Waals surface area contributed by atoms with Crippen LogP contribution in [0.1, 0.15) is 0 Å². The van der Waals surface area contributed by atoms with E-state index in [9.17, 15) is 0 Å². The average molecular weight is 217 g/mol. The Balaban J connectivity index is 0. The second-order valence-corrected chi connectivity index (χ2v) is 2.99. The Morgan fingerprint density at radius 3 is 1.11 bits per heavy atom. The topological polar surface area (TPSA) is 27.7 Å². The molecule has 0 rings (SSSR count). The molecular formula is C4H14O3SeSi. The van der Waals surface area contributed by atoms with Gasteiger partial charge < -0.3 is 13.3 Å². The van der Waals surface area contributed by atoms with E-state index in [-0.39, 0.29) is 0 Å². The molecule has 9 heavy (non-hydrogen) atoms. The predicted octanol–water partition coefficient (Wildman–Crippen LogP) is -0.422. The van der Waals surface area contributed by atoms with Crippen LogP contribution in [0.4, 0.5) is 0 Å². The van der Waals surface area contributed by atoms with Gasteiger partial charge in [-0.1, -0.05) is 0 Å². The summed E-state index contributed by atoms with van der Waals surface area (Å²) in [4.78, 5) is 0. The Kier molecular flexibility index (Phi) is 15.6. The van der Waals surface area contributed by atoms with Gasteiger partial charge in [-0.05, 0) is 0 Å². The third kappa shape index (κ3) is 8.62. The molecule has 0 aliphatic carbocycles. The van der Waals surface area contributed by atoms with Crippen molar-refractivity contribution >= 4 is 25.5 Å². The minimum absolute atomic E-state index is 1.57. The Morgan fingerprint density at radius 1 is 0.889 bits per heavy atom. The second-order valence-electron chi connectivity index (χ2n) is 0.996. The first-order valence-electron chi connectivity index (χ1n) is 2.38. The van der Waals surface area contributed by atoms with E-state index < -0.39 is 9.53 Å². The summed E-state index contributed by atoms with van der Waals surface area (Å²) < 4.78 is 14.2. The summed E-state index contributed by atoms with van der Waals surface area (Å²) in [6.07, 6.45) is 0. The van der Waals surface area contributed by atoms with Gasteiger partial charge >= 0.3 is 31.4 Å². The summed E-state index contributed by atoms with van der Waals surface area (Å²) in [6.45, 7) is 0. The Labute approximate surface area is 66.5 Å². The van der Waals surface area contributed by atoms with Crippen molar-refractivity contribution in [3.63, 3.8) is 0 Å². The van der Waals surface area contributed by atoms with Gasteiger partial charge in [-0.15, -0.1) is 0 Å². The number of hydrogen-bond acceptors (Lipinski definition) is 3. The maximum atomic E-state index is 4.74. The van der Waals surface area contributed by atoms with Crippen LogP contribution in [0.15, 0.2) is 0 Å². The minimum atomic E-state index is -1.67. The third-order valence-corrected chi connectivity index (χ3v) is 1.73. The molecule has 0 heterocycles. The first kappa shape index (κ1) is 12.3. The van der Waals surface area contributed by atoms with Crippen LogP contribution in [-0.2, 0) is 13.3 Å². The van der Waals surface area contributed by atoms with Gasteiger partial charge in [0.15, 0.2) is 0 Å². The van der Waals surface area contributed by atoms with E-state index in [0.717, 1.165) is 0 Å². The average Bonchev–Trinajstić information content (AvgIpc) is 1.96. The van der Waals surface area contributed by atoms with E-state index in [2.05, 4.69) is 16.0 Å². The second kappa shape index (κ2) is 11.4. The molecule has 58 valence electrons. The molecule has 0 aromatic rings. The molecule has 0 spiro atoms. The fourth-order valence-corrected chi connectivity index (χ4v) is 0.866. The van der Waals surface area contributed by atoms with Crippen molar-refractivity contribution in [3.8, 4) is 0 Å². The van der Waals surface area contributed by atoms with Crippen LogP contribution in [0, 0.1) is 0 Å². The summed E-state index contributed by atoms with van der Waals surface area (Å²) in [6, 6.07) is 0. The quantitative estimate of drug-likeness (QED) is 0.601. The number of hydrogen-bond donors (Lipinski definition) is 0. The van der Waals surface area contributed by atoms with Gasteiger partial charge in [0.1, 0.15) is 0 Å². The molecule has 0 amide bonds. The van der Waals surface area contributed by atoms with Gasteiger partial charge in [0, 0.05) is 21.3 Å². The molecule has 0 aliphatic rings. The Morgan fingerprint density at radius 2 is 1.11 bits per heavy atom. The summed E-state index contributed by atoms with van der Waals surface area (Å²) in [5.74, 6) is 1.94. The van der Waals surface area contributed by atoms with Crippen LogP contribution in [0.3, 0.4) is 0 Å². The first-order chi connectivity index (χ1) is 4.35. The van der Waals surface area contributed by atoms with Gasteiger partial charge in [0.05, 0.1) is 0 Å². The monoisotopic (exact) mass is 218 g/mol. The molecule has 0 saturated carbocycles. The van der Waals surface area contributed by atoms with E-state index >= 15 is 0 Å². The van der Waals surface area contributed by atoms with Crippen LogP contribution in [-0.4, -0.2) is 46.9 Å². The molecule has 3 nitrogen and oxygen atoms in total. The zero-order chi connectivity index (χ0) is 7.70. The molecule has 0 aromatic heterocycles. The summed E-state index contributed by atoms with van der Waals surface area (Å²) in [5, 5.41) is 0. The van der Waals surface area contributed by atoms with E-state index in [0.29, 0.717) is 0 Å². The van der Waals surface area contributed by atoms with Gasteiger partial charge in [-0.2, -0.15) is 0 Å². The Hall–Kier alpha value is 0.616. The summed E-state index contributed by atoms with van der Waals surface area (Å²) in [5.41, 5.74) is 0. The molecule has 5 heteroatoms. The number of rotatable bonds is 3. The molecule has 0 aromatic carbocycles. The van der Waals surface area contributed by atoms with Gasteiger partial charge in [0.25, 0.3) is 0 Å². The molecule has 0 saturated heterocycles. The van der Waals surface area contributed by atoms with Crippen molar-refractivity contribution in [2.75, 3.05) is 21.3 Å². The van der Waals surface area contributed by atoms with E-state index in [1.807, 2.05) is 5.82 Å². The zero-order valence-electron chi connectivity index (χ0n) is 6.25. The first-order valence-corrected chi connectivity index (χ1v) is 5.67. The standard InChI is InChI=1S/C3H10O3Si.CH4Se/c1-4-7(5-2)6-3;1-2/h7H,1-3H3;2H,1H3. The van der Waals surface area contributed by atoms with Crippen molar-refractivity contribution in [2.24, 2.45) is 0 Å². The third-order valence-electron chi connectivity index (χ3n) is 0.577. The molecule has 0 atom stereocenters. The van der Waals surface area contributed by atoms with Crippen LogP contribution in [0.5, 0.6) is 0 Å². The molecule has 0 radical (unpaired) electrons. The normalized spacial score (nSPS) is 8.67. The summed E-state index contributed by atoms with van der Waals surface area (Å²) >= 11 is 2.31. The summed E-state index contributed by atoms with van der Waals surface area (Å²) in [7, 11) is 3.05. The fraction of sp³-hybridized carbons (Fsp3) is 1.00. The van der Waals surface area contributed by atoms with Crippen molar-refractivity contribution in [1.29, 1.82) is 0 Å². The van der Waals surface area contributed by atoms with Crippen molar-refractivity contribution < 1.29 is 13.3 Å². The molecule has 0 fully saturated rings. The van der Waals surface area contributed by atoms with Gasteiger partial charge in [-0.3, -0.25) is 0 Å². The van der Waals surface area contributed by atoms with Crippen molar-refractivity contribution in [3.05, 3.63) is 0 Å². The molecule has 0 aliphatic heterocycles. The maximum absolute atomic E-state index is 4.74. The predicted molar refractivity (Wildman–Crippen MR) is 41.2 cm³/mol. The van der Waals surface area contributed by atoms with Crippen LogP contribution in [0.2, 0.25) is 5.82 Å². The van der Waals surface area contributed by atoms with E-state index in [4.69, 9.17) is 13.3 Å². The Bertz CT molecular complexity index is 37.3. The van der Waals surface area contributed by atoms with Gasteiger partial charge in [-0.25, -0.2) is 0 Å². The van der Waals surface area contributed by atoms with E-state index in [1.165, 1.54) is 0 Å². The zero-order valence-corrected chi connectivity index (χ0v) is 9.28. The van der Waals surface area contributed by atoms with Crippen molar-refractivity contribution in [1.82, 2.24) is 0 Å².